The fourth-order valence-electron chi connectivity index (χ4n) is 2.97. The lowest BCUT2D eigenvalue weighted by molar-refractivity contribution is -0.123. The SMILES string of the molecule is CCOc1cc(/C=C2/SC(=O)N(CCOC)C2=O)cc(Br)c1OCC(=O)Nc1ccc(F)cc1. The van der Waals surface area contributed by atoms with Crippen molar-refractivity contribution in [3.8, 4) is 11.5 Å². The van der Waals surface area contributed by atoms with Gasteiger partial charge in [0.25, 0.3) is 17.1 Å². The topological polar surface area (TPSA) is 94.2 Å². The molecule has 8 nitrogen and oxygen atoms in total. The van der Waals surface area contributed by atoms with Gasteiger partial charge in [-0.1, -0.05) is 0 Å². The standard InChI is InChI=1S/C23H22BrFN2O6S/c1-3-32-18-11-14(12-19-22(29)27(8-9-31-2)23(30)34-19)10-17(24)21(18)33-13-20(28)26-16-6-4-15(25)5-7-16/h4-7,10-12H,3,8-9,13H2,1-2H3,(H,26,28)/b19-12+. The molecule has 0 atom stereocenters. The Morgan fingerprint density at radius 3 is 2.62 bits per heavy atom. The molecule has 0 bridgehead atoms. The Labute approximate surface area is 208 Å². The summed E-state index contributed by atoms with van der Waals surface area (Å²) in [6.07, 6.45) is 1.59. The van der Waals surface area contributed by atoms with Gasteiger partial charge in [-0.15, -0.1) is 0 Å². The van der Waals surface area contributed by atoms with Crippen molar-refractivity contribution >= 4 is 56.5 Å². The monoisotopic (exact) mass is 552 g/mol. The number of anilines is 1. The van der Waals surface area contributed by atoms with Crippen LogP contribution in [0.15, 0.2) is 45.8 Å². The molecule has 2 aromatic rings. The highest BCUT2D eigenvalue weighted by Gasteiger charge is 2.34. The molecule has 0 unspecified atom stereocenters. The van der Waals surface area contributed by atoms with E-state index < -0.39 is 11.7 Å². The quantitative estimate of drug-likeness (QED) is 0.427. The van der Waals surface area contributed by atoms with E-state index in [4.69, 9.17) is 14.2 Å². The number of carbonyl (C=O) groups excluding carboxylic acids is 3. The summed E-state index contributed by atoms with van der Waals surface area (Å²) in [5.41, 5.74) is 1.05. The predicted octanol–water partition coefficient (Wildman–Crippen LogP) is 4.69. The van der Waals surface area contributed by atoms with Crippen LogP contribution in [0.2, 0.25) is 0 Å². The second kappa shape index (κ2) is 12.0. The van der Waals surface area contributed by atoms with Crippen LogP contribution in [0, 0.1) is 5.82 Å². The number of halogens is 2. The molecule has 34 heavy (non-hydrogen) atoms. The highest BCUT2D eigenvalue weighted by molar-refractivity contribution is 9.10. The van der Waals surface area contributed by atoms with Crippen LogP contribution in [0.3, 0.4) is 0 Å². The van der Waals surface area contributed by atoms with Crippen LogP contribution < -0.4 is 14.8 Å². The van der Waals surface area contributed by atoms with E-state index in [0.29, 0.717) is 33.8 Å². The molecule has 1 fully saturated rings. The van der Waals surface area contributed by atoms with Gasteiger partial charge < -0.3 is 19.5 Å². The van der Waals surface area contributed by atoms with Gasteiger partial charge in [0.2, 0.25) is 0 Å². The Kier molecular flexibility index (Phi) is 9.08. The molecule has 0 spiro atoms. The number of benzene rings is 2. The second-order valence-corrected chi connectivity index (χ2v) is 8.78. The average molecular weight is 553 g/mol. The summed E-state index contributed by atoms with van der Waals surface area (Å²) >= 11 is 4.27. The van der Waals surface area contributed by atoms with Gasteiger partial charge in [0.1, 0.15) is 5.82 Å². The van der Waals surface area contributed by atoms with Crippen LogP contribution >= 0.6 is 27.7 Å². The van der Waals surface area contributed by atoms with Crippen molar-refractivity contribution in [2.75, 3.05) is 38.8 Å². The molecular formula is C23H22BrFN2O6S. The van der Waals surface area contributed by atoms with Crippen molar-refractivity contribution in [3.05, 3.63) is 57.2 Å². The minimum absolute atomic E-state index is 0.180. The second-order valence-electron chi connectivity index (χ2n) is 6.93. The lowest BCUT2D eigenvalue weighted by Gasteiger charge is -2.15. The Morgan fingerprint density at radius 2 is 1.94 bits per heavy atom. The molecule has 1 aliphatic heterocycles. The third kappa shape index (κ3) is 6.58. The predicted molar refractivity (Wildman–Crippen MR) is 130 cm³/mol. The van der Waals surface area contributed by atoms with Crippen molar-refractivity contribution in [2.45, 2.75) is 6.92 Å². The van der Waals surface area contributed by atoms with Gasteiger partial charge in [-0.25, -0.2) is 4.39 Å². The molecule has 0 aliphatic carbocycles. The number of nitrogens with zero attached hydrogens (tertiary/aromatic N) is 1. The van der Waals surface area contributed by atoms with Crippen LogP contribution in [0.5, 0.6) is 11.5 Å². The Hall–Kier alpha value is -2.89. The third-order valence-electron chi connectivity index (χ3n) is 4.50. The highest BCUT2D eigenvalue weighted by Crippen LogP contribution is 2.39. The summed E-state index contributed by atoms with van der Waals surface area (Å²) in [6.45, 7) is 2.26. The van der Waals surface area contributed by atoms with Crippen LogP contribution in [-0.4, -0.2) is 55.4 Å². The molecule has 180 valence electrons. The van der Waals surface area contributed by atoms with Crippen molar-refractivity contribution in [3.63, 3.8) is 0 Å². The maximum atomic E-state index is 13.0. The minimum Gasteiger partial charge on any atom is -0.490 e. The molecule has 1 N–H and O–H groups in total. The summed E-state index contributed by atoms with van der Waals surface area (Å²) < 4.78 is 29.8. The van der Waals surface area contributed by atoms with E-state index in [9.17, 15) is 18.8 Å². The van der Waals surface area contributed by atoms with Crippen LogP contribution in [0.1, 0.15) is 12.5 Å². The number of thioether (sulfide) groups is 1. The number of rotatable bonds is 10. The number of nitrogens with one attached hydrogen (secondary N) is 1. The number of ether oxygens (including phenoxy) is 3. The zero-order valence-corrected chi connectivity index (χ0v) is 20.8. The summed E-state index contributed by atoms with van der Waals surface area (Å²) in [5, 5.41) is 2.26. The fourth-order valence-corrected chi connectivity index (χ4v) is 4.41. The minimum atomic E-state index is -0.435. The van der Waals surface area contributed by atoms with Crippen molar-refractivity contribution < 1.29 is 33.0 Å². The van der Waals surface area contributed by atoms with E-state index in [1.807, 2.05) is 0 Å². The summed E-state index contributed by atoms with van der Waals surface area (Å²) in [6, 6.07) is 8.72. The van der Waals surface area contributed by atoms with Crippen LogP contribution in [-0.2, 0) is 14.3 Å². The number of amides is 3. The van der Waals surface area contributed by atoms with Crippen molar-refractivity contribution in [1.29, 1.82) is 0 Å². The Morgan fingerprint density at radius 1 is 1.21 bits per heavy atom. The summed E-state index contributed by atoms with van der Waals surface area (Å²) in [7, 11) is 1.50. The smallest absolute Gasteiger partial charge is 0.293 e. The number of hydrogen-bond acceptors (Lipinski definition) is 7. The molecule has 3 amide bonds. The largest absolute Gasteiger partial charge is 0.490 e. The molecule has 11 heteroatoms. The number of methoxy groups -OCH3 is 1. The van der Waals surface area contributed by atoms with Crippen LogP contribution in [0.25, 0.3) is 6.08 Å². The zero-order chi connectivity index (χ0) is 24.7. The normalized spacial score (nSPS) is 14.6. The van der Waals surface area contributed by atoms with Gasteiger partial charge in [-0.05, 0) is 82.7 Å². The third-order valence-corrected chi connectivity index (χ3v) is 5.99. The van der Waals surface area contributed by atoms with Gasteiger partial charge in [-0.3, -0.25) is 19.3 Å². The lowest BCUT2D eigenvalue weighted by atomic mass is 10.2. The van der Waals surface area contributed by atoms with Gasteiger partial charge in [0.15, 0.2) is 18.1 Å². The molecule has 1 aliphatic rings. The first-order valence-electron chi connectivity index (χ1n) is 10.2. The first-order chi connectivity index (χ1) is 16.3. The average Bonchev–Trinajstić information content (AvgIpc) is 3.05. The fraction of sp³-hybridized carbons (Fsp3) is 0.261. The molecule has 2 aromatic carbocycles. The van der Waals surface area contributed by atoms with Gasteiger partial charge >= 0.3 is 0 Å². The van der Waals surface area contributed by atoms with Gasteiger partial charge in [0.05, 0.1) is 29.1 Å². The highest BCUT2D eigenvalue weighted by atomic mass is 79.9. The number of carbonyl (C=O) groups is 3. The molecule has 0 radical (unpaired) electrons. The first kappa shape index (κ1) is 25.7. The van der Waals surface area contributed by atoms with Gasteiger partial charge in [0, 0.05) is 12.8 Å². The van der Waals surface area contributed by atoms with E-state index in [1.165, 1.54) is 31.4 Å². The lowest BCUT2D eigenvalue weighted by Crippen LogP contribution is -2.31. The molecule has 0 aromatic heterocycles. The Bertz CT molecular complexity index is 1110. The van der Waals surface area contributed by atoms with E-state index in [2.05, 4.69) is 21.2 Å². The molecule has 1 heterocycles. The first-order valence-corrected chi connectivity index (χ1v) is 11.8. The number of hydrogen-bond donors (Lipinski definition) is 1. The Balaban J connectivity index is 1.74. The van der Waals surface area contributed by atoms with E-state index in [0.717, 1.165) is 16.7 Å². The van der Waals surface area contributed by atoms with Gasteiger partial charge in [-0.2, -0.15) is 0 Å². The van der Waals surface area contributed by atoms with Crippen molar-refractivity contribution in [2.24, 2.45) is 0 Å². The molecule has 0 saturated carbocycles. The molecule has 1 saturated heterocycles. The maximum absolute atomic E-state index is 13.0. The zero-order valence-electron chi connectivity index (χ0n) is 18.4. The van der Waals surface area contributed by atoms with E-state index >= 15 is 0 Å². The van der Waals surface area contributed by atoms with E-state index in [-0.39, 0.29) is 35.8 Å². The number of imide groups is 1. The van der Waals surface area contributed by atoms with Crippen LogP contribution in [0.4, 0.5) is 14.9 Å². The molecular weight excluding hydrogens is 531 g/mol. The summed E-state index contributed by atoms with van der Waals surface area (Å²) in [5.74, 6) is -0.564. The maximum Gasteiger partial charge on any atom is 0.293 e. The van der Waals surface area contributed by atoms with E-state index in [1.54, 1.807) is 25.1 Å². The summed E-state index contributed by atoms with van der Waals surface area (Å²) in [4.78, 5) is 38.4. The molecule has 3 rings (SSSR count). The van der Waals surface area contributed by atoms with Crippen molar-refractivity contribution in [1.82, 2.24) is 4.90 Å².